The molecule has 6 nitrogen and oxygen atoms in total. The minimum atomic E-state index is -0.507. The van der Waals surface area contributed by atoms with Crippen LogP contribution in [0.4, 0.5) is 0 Å². The van der Waals surface area contributed by atoms with E-state index in [-0.39, 0.29) is 52.6 Å². The summed E-state index contributed by atoms with van der Waals surface area (Å²) in [6.45, 7) is 0. The normalized spacial score (nSPS) is 12.5. The summed E-state index contributed by atoms with van der Waals surface area (Å²) in [5.74, 6) is -2.08. The van der Waals surface area contributed by atoms with Crippen LogP contribution in [0.5, 0.6) is 11.5 Å². The van der Waals surface area contributed by atoms with Crippen LogP contribution in [0.25, 0.3) is 0 Å². The van der Waals surface area contributed by atoms with Crippen molar-refractivity contribution in [3.8, 4) is 11.5 Å². The molecule has 1 aliphatic carbocycles. The first kappa shape index (κ1) is 16.7. The van der Waals surface area contributed by atoms with Gasteiger partial charge in [0, 0.05) is 17.5 Å². The highest BCUT2D eigenvalue weighted by Gasteiger charge is 2.35. The van der Waals surface area contributed by atoms with Crippen molar-refractivity contribution in [2.75, 3.05) is 7.11 Å². The van der Waals surface area contributed by atoms with Crippen molar-refractivity contribution >= 4 is 17.5 Å². The number of benzene rings is 2. The minimum Gasteiger partial charge on any atom is -0.507 e. The second-order valence-electron chi connectivity index (χ2n) is 5.79. The standard InChI is InChI=1S/C19H16O6/c1-25-14(21)8-4-5-10-9-13(20)15-16(17(10)22)19(24)12-7-3-2-6-11(12)18(15)23/h2-3,6-7,9,20,22H,4-5,8H2,1H3. The molecule has 0 fully saturated rings. The van der Waals surface area contributed by atoms with E-state index in [0.717, 1.165) is 0 Å². The number of carbonyl (C=O) groups is 3. The number of phenols is 2. The summed E-state index contributed by atoms with van der Waals surface area (Å²) in [6, 6.07) is 7.56. The largest absolute Gasteiger partial charge is 0.507 e. The Morgan fingerprint density at radius 3 is 2.24 bits per heavy atom. The van der Waals surface area contributed by atoms with Crippen molar-refractivity contribution in [1.29, 1.82) is 0 Å². The van der Waals surface area contributed by atoms with Crippen molar-refractivity contribution in [1.82, 2.24) is 0 Å². The maximum Gasteiger partial charge on any atom is 0.305 e. The quantitative estimate of drug-likeness (QED) is 0.558. The van der Waals surface area contributed by atoms with Crippen molar-refractivity contribution < 1.29 is 29.3 Å². The fourth-order valence-electron chi connectivity index (χ4n) is 3.03. The second kappa shape index (κ2) is 6.39. The lowest BCUT2D eigenvalue weighted by molar-refractivity contribution is -0.140. The number of aryl methyl sites for hydroxylation is 1. The van der Waals surface area contributed by atoms with E-state index >= 15 is 0 Å². The summed E-state index contributed by atoms with van der Waals surface area (Å²) in [4.78, 5) is 36.5. The van der Waals surface area contributed by atoms with Gasteiger partial charge in [-0.1, -0.05) is 24.3 Å². The molecule has 2 aromatic rings. The molecule has 0 bridgehead atoms. The average Bonchev–Trinajstić information content (AvgIpc) is 2.62. The molecule has 128 valence electrons. The molecular weight excluding hydrogens is 324 g/mol. The third-order valence-corrected chi connectivity index (χ3v) is 4.28. The molecule has 0 saturated heterocycles. The molecule has 0 atom stereocenters. The van der Waals surface area contributed by atoms with E-state index < -0.39 is 11.6 Å². The first-order valence-corrected chi connectivity index (χ1v) is 7.78. The lowest BCUT2D eigenvalue weighted by atomic mass is 9.81. The van der Waals surface area contributed by atoms with Gasteiger partial charge in [-0.25, -0.2) is 0 Å². The van der Waals surface area contributed by atoms with Crippen molar-refractivity contribution in [3.63, 3.8) is 0 Å². The van der Waals surface area contributed by atoms with Gasteiger partial charge in [0.25, 0.3) is 0 Å². The van der Waals surface area contributed by atoms with Gasteiger partial charge in [0.1, 0.15) is 11.5 Å². The van der Waals surface area contributed by atoms with Crippen molar-refractivity contribution in [3.05, 3.63) is 58.1 Å². The summed E-state index contributed by atoms with van der Waals surface area (Å²) < 4.78 is 4.55. The highest BCUT2D eigenvalue weighted by molar-refractivity contribution is 6.30. The molecule has 2 aromatic carbocycles. The van der Waals surface area contributed by atoms with Gasteiger partial charge in [-0.2, -0.15) is 0 Å². The minimum absolute atomic E-state index is 0.142. The molecule has 0 amide bonds. The number of esters is 1. The van der Waals surface area contributed by atoms with Gasteiger partial charge < -0.3 is 14.9 Å². The van der Waals surface area contributed by atoms with Gasteiger partial charge in [0.15, 0.2) is 11.6 Å². The van der Waals surface area contributed by atoms with Gasteiger partial charge >= 0.3 is 5.97 Å². The van der Waals surface area contributed by atoms with Crippen LogP contribution in [0, 0.1) is 0 Å². The number of carbonyl (C=O) groups excluding carboxylic acids is 3. The molecule has 0 saturated carbocycles. The summed E-state index contributed by atoms with van der Waals surface area (Å²) >= 11 is 0. The van der Waals surface area contributed by atoms with E-state index in [1.165, 1.54) is 25.3 Å². The second-order valence-corrected chi connectivity index (χ2v) is 5.79. The van der Waals surface area contributed by atoms with Gasteiger partial charge in [-0.3, -0.25) is 14.4 Å². The van der Waals surface area contributed by atoms with Gasteiger partial charge in [0.2, 0.25) is 0 Å². The highest BCUT2D eigenvalue weighted by atomic mass is 16.5. The van der Waals surface area contributed by atoms with Gasteiger partial charge in [0.05, 0.1) is 18.2 Å². The number of ketones is 2. The summed E-state index contributed by atoms with van der Waals surface area (Å²) in [6.07, 6.45) is 0.769. The molecule has 0 heterocycles. The van der Waals surface area contributed by atoms with E-state index in [1.54, 1.807) is 12.1 Å². The Labute approximate surface area is 143 Å². The van der Waals surface area contributed by atoms with Crippen LogP contribution in [0.15, 0.2) is 30.3 Å². The zero-order chi connectivity index (χ0) is 18.1. The summed E-state index contributed by atoms with van der Waals surface area (Å²) in [5, 5.41) is 20.7. The van der Waals surface area contributed by atoms with E-state index in [4.69, 9.17) is 0 Å². The smallest absolute Gasteiger partial charge is 0.305 e. The Morgan fingerprint density at radius 2 is 1.64 bits per heavy atom. The molecule has 6 heteroatoms. The van der Waals surface area contributed by atoms with E-state index in [2.05, 4.69) is 4.74 Å². The van der Waals surface area contributed by atoms with Crippen molar-refractivity contribution in [2.45, 2.75) is 19.3 Å². The number of hydrogen-bond donors (Lipinski definition) is 2. The van der Waals surface area contributed by atoms with E-state index in [0.29, 0.717) is 12.0 Å². The summed E-state index contributed by atoms with van der Waals surface area (Å²) in [7, 11) is 1.28. The molecule has 3 rings (SSSR count). The molecule has 0 unspecified atom stereocenters. The van der Waals surface area contributed by atoms with Crippen LogP contribution in [0.3, 0.4) is 0 Å². The number of aromatic hydroxyl groups is 2. The molecule has 0 aliphatic heterocycles. The van der Waals surface area contributed by atoms with Crippen LogP contribution in [0.1, 0.15) is 50.2 Å². The highest BCUT2D eigenvalue weighted by Crippen LogP contribution is 2.40. The average molecular weight is 340 g/mol. The fourth-order valence-corrected chi connectivity index (χ4v) is 3.03. The van der Waals surface area contributed by atoms with Crippen LogP contribution in [-0.2, 0) is 16.0 Å². The number of ether oxygens (including phenoxy) is 1. The van der Waals surface area contributed by atoms with Gasteiger partial charge in [-0.05, 0) is 24.5 Å². The Bertz CT molecular complexity index is 897. The Kier molecular flexibility index (Phi) is 4.27. The van der Waals surface area contributed by atoms with E-state index in [9.17, 15) is 24.6 Å². The zero-order valence-corrected chi connectivity index (χ0v) is 13.5. The SMILES string of the molecule is COC(=O)CCCc1cc(O)c2c(c1O)C(=O)c1ccccc1C2=O. The number of methoxy groups -OCH3 is 1. The predicted octanol–water partition coefficient (Wildman–Crippen LogP) is 2.37. The van der Waals surface area contributed by atoms with Crippen LogP contribution < -0.4 is 0 Å². The summed E-state index contributed by atoms with van der Waals surface area (Å²) in [5.41, 5.74) is 0.338. The number of hydrogen-bond acceptors (Lipinski definition) is 6. The number of phenolic OH excluding ortho intramolecular Hbond substituents is 2. The maximum atomic E-state index is 12.7. The zero-order valence-electron chi connectivity index (χ0n) is 13.5. The monoisotopic (exact) mass is 340 g/mol. The third-order valence-electron chi connectivity index (χ3n) is 4.28. The third kappa shape index (κ3) is 2.76. The number of rotatable bonds is 4. The molecule has 0 aromatic heterocycles. The topological polar surface area (TPSA) is 101 Å². The molecule has 1 aliphatic rings. The Morgan fingerprint density at radius 1 is 1.04 bits per heavy atom. The first-order valence-electron chi connectivity index (χ1n) is 7.78. The lowest BCUT2D eigenvalue weighted by Crippen LogP contribution is -2.21. The molecule has 0 radical (unpaired) electrons. The van der Waals surface area contributed by atoms with Crippen molar-refractivity contribution in [2.24, 2.45) is 0 Å². The van der Waals surface area contributed by atoms with Crippen LogP contribution >= 0.6 is 0 Å². The maximum absolute atomic E-state index is 12.7. The Balaban J connectivity index is 2.03. The molecular formula is C19H16O6. The van der Waals surface area contributed by atoms with Crippen LogP contribution in [-0.4, -0.2) is 34.9 Å². The Hall–Kier alpha value is -3.15. The number of fused-ring (bicyclic) bond motifs is 2. The molecule has 0 spiro atoms. The first-order chi connectivity index (χ1) is 12.0. The van der Waals surface area contributed by atoms with Crippen LogP contribution in [0.2, 0.25) is 0 Å². The molecule has 25 heavy (non-hydrogen) atoms. The lowest BCUT2D eigenvalue weighted by Gasteiger charge is -2.21. The molecule has 2 N–H and O–H groups in total. The fraction of sp³-hybridized carbons (Fsp3) is 0.211. The van der Waals surface area contributed by atoms with E-state index in [1.807, 2.05) is 0 Å². The predicted molar refractivity (Wildman–Crippen MR) is 88.0 cm³/mol. The van der Waals surface area contributed by atoms with Gasteiger partial charge in [-0.15, -0.1) is 0 Å².